The first-order valence-electron chi connectivity index (χ1n) is 5.50. The van der Waals surface area contributed by atoms with E-state index in [2.05, 4.69) is 0 Å². The van der Waals surface area contributed by atoms with Crippen molar-refractivity contribution in [1.82, 2.24) is 0 Å². The van der Waals surface area contributed by atoms with E-state index < -0.39 is 10.8 Å². The zero-order chi connectivity index (χ0) is 13.3. The standard InChI is InChI=1S/C14H14O3S/c1-9-7-11(3-5-13(9)15)18(17)12-4-6-14(16)10(2)8-12/h3-8,15-16H,1-2H3. The lowest BCUT2D eigenvalue weighted by molar-refractivity contribution is 0.470. The lowest BCUT2D eigenvalue weighted by Crippen LogP contribution is -1.94. The van der Waals surface area contributed by atoms with Crippen molar-refractivity contribution in [3.63, 3.8) is 0 Å². The van der Waals surface area contributed by atoms with E-state index in [9.17, 15) is 14.4 Å². The van der Waals surface area contributed by atoms with Crippen LogP contribution in [0.25, 0.3) is 0 Å². The SMILES string of the molecule is Cc1cc(S(=O)c2ccc(O)c(C)c2)ccc1O. The monoisotopic (exact) mass is 262 g/mol. The van der Waals surface area contributed by atoms with Crippen LogP contribution in [0.5, 0.6) is 11.5 Å². The van der Waals surface area contributed by atoms with Gasteiger partial charge in [-0.25, -0.2) is 4.21 Å². The largest absolute Gasteiger partial charge is 0.508 e. The van der Waals surface area contributed by atoms with Gasteiger partial charge in [0.15, 0.2) is 0 Å². The molecule has 0 aromatic heterocycles. The van der Waals surface area contributed by atoms with E-state index in [1.165, 1.54) is 12.1 Å². The van der Waals surface area contributed by atoms with Crippen LogP contribution in [-0.2, 0) is 10.8 Å². The highest BCUT2D eigenvalue weighted by Gasteiger charge is 2.10. The van der Waals surface area contributed by atoms with Crippen LogP contribution in [0.4, 0.5) is 0 Å². The van der Waals surface area contributed by atoms with E-state index in [0.29, 0.717) is 20.9 Å². The summed E-state index contributed by atoms with van der Waals surface area (Å²) in [5, 5.41) is 18.9. The molecular weight excluding hydrogens is 248 g/mol. The number of benzene rings is 2. The summed E-state index contributed by atoms with van der Waals surface area (Å²) in [4.78, 5) is 1.27. The predicted octanol–water partition coefficient (Wildman–Crippen LogP) is 2.88. The fraction of sp³-hybridized carbons (Fsp3) is 0.143. The first-order valence-corrected chi connectivity index (χ1v) is 6.65. The van der Waals surface area contributed by atoms with E-state index in [4.69, 9.17) is 0 Å². The minimum absolute atomic E-state index is 0.192. The Morgan fingerprint density at radius 3 is 1.56 bits per heavy atom. The Bertz CT molecular complexity index is 567. The summed E-state index contributed by atoms with van der Waals surface area (Å²) >= 11 is 0. The van der Waals surface area contributed by atoms with E-state index >= 15 is 0 Å². The summed E-state index contributed by atoms with van der Waals surface area (Å²) in [7, 11) is -1.31. The summed E-state index contributed by atoms with van der Waals surface area (Å²) in [5.41, 5.74) is 1.38. The van der Waals surface area contributed by atoms with E-state index in [0.717, 1.165) is 0 Å². The third kappa shape index (κ3) is 2.38. The lowest BCUT2D eigenvalue weighted by atomic mass is 10.2. The number of phenols is 2. The molecule has 18 heavy (non-hydrogen) atoms. The number of phenolic OH excluding ortho intramolecular Hbond substituents is 2. The van der Waals surface area contributed by atoms with Gasteiger partial charge in [-0.15, -0.1) is 0 Å². The minimum atomic E-state index is -1.31. The van der Waals surface area contributed by atoms with Gasteiger partial charge in [0.05, 0.1) is 10.8 Å². The van der Waals surface area contributed by atoms with Gasteiger partial charge in [-0.2, -0.15) is 0 Å². The molecule has 0 fully saturated rings. The number of aryl methyl sites for hydroxylation is 2. The van der Waals surface area contributed by atoms with E-state index in [-0.39, 0.29) is 11.5 Å². The second-order valence-electron chi connectivity index (χ2n) is 4.17. The molecule has 0 spiro atoms. The lowest BCUT2D eigenvalue weighted by Gasteiger charge is -2.06. The molecule has 0 saturated carbocycles. The van der Waals surface area contributed by atoms with Crippen molar-refractivity contribution in [2.75, 3.05) is 0 Å². The third-order valence-electron chi connectivity index (χ3n) is 2.76. The molecule has 0 radical (unpaired) electrons. The van der Waals surface area contributed by atoms with Crippen molar-refractivity contribution in [3.8, 4) is 11.5 Å². The van der Waals surface area contributed by atoms with Crippen LogP contribution in [0.15, 0.2) is 46.2 Å². The Labute approximate surface area is 108 Å². The van der Waals surface area contributed by atoms with E-state index in [1.54, 1.807) is 38.1 Å². The van der Waals surface area contributed by atoms with Crippen molar-refractivity contribution in [2.24, 2.45) is 0 Å². The molecule has 2 aromatic carbocycles. The van der Waals surface area contributed by atoms with Gasteiger partial charge in [0, 0.05) is 9.79 Å². The molecule has 0 bridgehead atoms. The van der Waals surface area contributed by atoms with Crippen LogP contribution >= 0.6 is 0 Å². The molecule has 4 heteroatoms. The van der Waals surface area contributed by atoms with Crippen molar-refractivity contribution < 1.29 is 14.4 Å². The fourth-order valence-electron chi connectivity index (χ4n) is 1.62. The molecule has 0 atom stereocenters. The zero-order valence-corrected chi connectivity index (χ0v) is 11.0. The van der Waals surface area contributed by atoms with Crippen LogP contribution in [-0.4, -0.2) is 14.4 Å². The average Bonchev–Trinajstić information content (AvgIpc) is 2.35. The van der Waals surface area contributed by atoms with Crippen LogP contribution in [0.2, 0.25) is 0 Å². The molecule has 2 rings (SSSR count). The number of hydrogen-bond donors (Lipinski definition) is 2. The maximum absolute atomic E-state index is 12.3. The highest BCUT2D eigenvalue weighted by molar-refractivity contribution is 7.85. The third-order valence-corrected chi connectivity index (χ3v) is 4.13. The highest BCUT2D eigenvalue weighted by Crippen LogP contribution is 2.25. The van der Waals surface area contributed by atoms with Crippen LogP contribution in [0, 0.1) is 13.8 Å². The van der Waals surface area contributed by atoms with Crippen molar-refractivity contribution in [2.45, 2.75) is 23.6 Å². The predicted molar refractivity (Wildman–Crippen MR) is 70.4 cm³/mol. The maximum Gasteiger partial charge on any atom is 0.118 e. The molecule has 0 saturated heterocycles. The molecule has 94 valence electrons. The molecule has 2 N–H and O–H groups in total. The Morgan fingerprint density at radius 1 is 0.833 bits per heavy atom. The number of rotatable bonds is 2. The summed E-state index contributed by atoms with van der Waals surface area (Å²) in [6.07, 6.45) is 0. The van der Waals surface area contributed by atoms with Gasteiger partial charge >= 0.3 is 0 Å². The fourth-order valence-corrected chi connectivity index (χ4v) is 2.85. The smallest absolute Gasteiger partial charge is 0.118 e. The first-order chi connectivity index (χ1) is 8.49. The van der Waals surface area contributed by atoms with Crippen LogP contribution in [0.1, 0.15) is 11.1 Å². The highest BCUT2D eigenvalue weighted by atomic mass is 32.2. The van der Waals surface area contributed by atoms with Crippen molar-refractivity contribution in [3.05, 3.63) is 47.5 Å². The number of hydrogen-bond acceptors (Lipinski definition) is 3. The number of aromatic hydroxyl groups is 2. The van der Waals surface area contributed by atoms with Crippen LogP contribution < -0.4 is 0 Å². The molecule has 0 aliphatic carbocycles. The molecule has 0 aliphatic heterocycles. The normalized spacial score (nSPS) is 10.8. The summed E-state index contributed by atoms with van der Waals surface area (Å²) in [6.45, 7) is 3.52. The maximum atomic E-state index is 12.3. The Hall–Kier alpha value is -1.81. The Kier molecular flexibility index (Phi) is 3.39. The van der Waals surface area contributed by atoms with Gasteiger partial charge in [-0.1, -0.05) is 0 Å². The van der Waals surface area contributed by atoms with Gasteiger partial charge in [0.1, 0.15) is 11.5 Å². The summed E-state index contributed by atoms with van der Waals surface area (Å²) < 4.78 is 12.3. The molecule has 0 amide bonds. The van der Waals surface area contributed by atoms with E-state index in [1.807, 2.05) is 0 Å². The van der Waals surface area contributed by atoms with Crippen LogP contribution in [0.3, 0.4) is 0 Å². The molecular formula is C14H14O3S. The molecule has 0 aliphatic rings. The average molecular weight is 262 g/mol. The van der Waals surface area contributed by atoms with Gasteiger partial charge in [-0.3, -0.25) is 0 Å². The van der Waals surface area contributed by atoms with Crippen molar-refractivity contribution >= 4 is 10.8 Å². The minimum Gasteiger partial charge on any atom is -0.508 e. The molecule has 0 heterocycles. The molecule has 0 unspecified atom stereocenters. The van der Waals surface area contributed by atoms with Gasteiger partial charge in [0.25, 0.3) is 0 Å². The Morgan fingerprint density at radius 2 is 1.22 bits per heavy atom. The van der Waals surface area contributed by atoms with Gasteiger partial charge < -0.3 is 10.2 Å². The molecule has 3 nitrogen and oxygen atoms in total. The second kappa shape index (κ2) is 4.82. The molecule has 2 aromatic rings. The zero-order valence-electron chi connectivity index (χ0n) is 10.2. The second-order valence-corrected chi connectivity index (χ2v) is 5.65. The first kappa shape index (κ1) is 12.6. The topological polar surface area (TPSA) is 57.5 Å². The summed E-state index contributed by atoms with van der Waals surface area (Å²) in [5.74, 6) is 0.385. The van der Waals surface area contributed by atoms with Crippen molar-refractivity contribution in [1.29, 1.82) is 0 Å². The Balaban J connectivity index is 2.41. The summed E-state index contributed by atoms with van der Waals surface area (Å²) in [6, 6.07) is 9.76. The quantitative estimate of drug-likeness (QED) is 0.875. The van der Waals surface area contributed by atoms with Gasteiger partial charge in [-0.05, 0) is 61.4 Å². The van der Waals surface area contributed by atoms with Gasteiger partial charge in [0.2, 0.25) is 0 Å².